The summed E-state index contributed by atoms with van der Waals surface area (Å²) in [7, 11) is 0. The zero-order chi connectivity index (χ0) is 11.3. The van der Waals surface area contributed by atoms with Crippen LogP contribution >= 0.6 is 15.9 Å². The van der Waals surface area contributed by atoms with E-state index in [-0.39, 0.29) is 11.3 Å². The number of esters is 1. The molecule has 0 aromatic heterocycles. The number of carbonyl (C=O) groups excluding carboxylic acids is 1. The fourth-order valence-electron chi connectivity index (χ4n) is 1.07. The largest absolute Gasteiger partial charge is 0.506 e. The molecule has 0 aliphatic heterocycles. The van der Waals surface area contributed by atoms with Gasteiger partial charge in [0.1, 0.15) is 11.3 Å². The van der Waals surface area contributed by atoms with E-state index < -0.39 is 5.97 Å². The summed E-state index contributed by atoms with van der Waals surface area (Å²) in [5.41, 5.74) is 0.195. The van der Waals surface area contributed by atoms with Gasteiger partial charge < -0.3 is 9.84 Å². The highest BCUT2D eigenvalue weighted by Gasteiger charge is 2.13. The van der Waals surface area contributed by atoms with Crippen molar-refractivity contribution in [2.75, 3.05) is 6.61 Å². The number of phenols is 1. The quantitative estimate of drug-likeness (QED) is 0.677. The first kappa shape index (κ1) is 12.0. The van der Waals surface area contributed by atoms with Crippen LogP contribution in [0.3, 0.4) is 0 Å². The minimum Gasteiger partial charge on any atom is -0.506 e. The topological polar surface area (TPSA) is 46.5 Å². The van der Waals surface area contributed by atoms with Crippen molar-refractivity contribution in [1.82, 2.24) is 0 Å². The minimum atomic E-state index is -0.484. The van der Waals surface area contributed by atoms with Gasteiger partial charge in [0.05, 0.1) is 11.1 Å². The summed E-state index contributed by atoms with van der Waals surface area (Å²) < 4.78 is 5.48. The third-order valence-electron chi connectivity index (χ3n) is 1.94. The van der Waals surface area contributed by atoms with Crippen molar-refractivity contribution in [3.05, 3.63) is 28.2 Å². The Balaban J connectivity index is 2.69. The molecular weight excluding hydrogens is 260 g/mol. The van der Waals surface area contributed by atoms with Crippen LogP contribution in [0.15, 0.2) is 22.7 Å². The fraction of sp³-hybridized carbons (Fsp3) is 0.364. The number of benzene rings is 1. The fourth-order valence-corrected chi connectivity index (χ4v) is 1.43. The number of para-hydroxylation sites is 1. The van der Waals surface area contributed by atoms with Crippen LogP contribution < -0.4 is 0 Å². The third-order valence-corrected chi connectivity index (χ3v) is 2.58. The second kappa shape index (κ2) is 5.75. The van der Waals surface area contributed by atoms with Crippen molar-refractivity contribution in [3.63, 3.8) is 0 Å². The molecule has 0 fully saturated rings. The van der Waals surface area contributed by atoms with Crippen LogP contribution in [0.1, 0.15) is 30.1 Å². The Kier molecular flexibility index (Phi) is 4.62. The molecule has 0 amide bonds. The van der Waals surface area contributed by atoms with Gasteiger partial charge >= 0.3 is 5.97 Å². The lowest BCUT2D eigenvalue weighted by Gasteiger charge is -2.06. The Labute approximate surface area is 97.2 Å². The molecule has 0 saturated heterocycles. The molecule has 0 spiro atoms. The highest BCUT2D eigenvalue weighted by atomic mass is 79.9. The van der Waals surface area contributed by atoms with Gasteiger partial charge in [-0.05, 0) is 34.5 Å². The van der Waals surface area contributed by atoms with E-state index >= 15 is 0 Å². The highest BCUT2D eigenvalue weighted by Crippen LogP contribution is 2.27. The lowest BCUT2D eigenvalue weighted by Crippen LogP contribution is -2.06. The maximum Gasteiger partial charge on any atom is 0.341 e. The van der Waals surface area contributed by atoms with Gasteiger partial charge in [0.2, 0.25) is 0 Å². The average molecular weight is 273 g/mol. The number of hydrogen-bond donors (Lipinski definition) is 1. The molecule has 0 aliphatic carbocycles. The maximum atomic E-state index is 11.5. The number of halogens is 1. The molecule has 0 radical (unpaired) electrons. The van der Waals surface area contributed by atoms with Crippen molar-refractivity contribution < 1.29 is 14.6 Å². The van der Waals surface area contributed by atoms with Crippen molar-refractivity contribution in [1.29, 1.82) is 0 Å². The standard InChI is InChI=1S/C11H13BrO3/c1-2-3-7-15-11(14)8-5-4-6-9(12)10(8)13/h4-6,13H,2-3,7H2,1H3. The van der Waals surface area contributed by atoms with Gasteiger partial charge in [-0.15, -0.1) is 0 Å². The van der Waals surface area contributed by atoms with E-state index in [9.17, 15) is 9.90 Å². The Morgan fingerprint density at radius 2 is 2.27 bits per heavy atom. The summed E-state index contributed by atoms with van der Waals surface area (Å²) in [6.45, 7) is 2.41. The number of rotatable bonds is 4. The van der Waals surface area contributed by atoms with E-state index in [4.69, 9.17) is 4.74 Å². The molecule has 0 unspecified atom stereocenters. The minimum absolute atomic E-state index is 0.0704. The Morgan fingerprint density at radius 3 is 2.93 bits per heavy atom. The number of carbonyl (C=O) groups is 1. The van der Waals surface area contributed by atoms with Crippen molar-refractivity contribution in [3.8, 4) is 5.75 Å². The normalized spacial score (nSPS) is 10.0. The molecule has 0 aliphatic rings. The molecule has 1 aromatic rings. The third kappa shape index (κ3) is 3.23. The molecule has 3 nitrogen and oxygen atoms in total. The number of aromatic hydroxyl groups is 1. The van der Waals surface area contributed by atoms with Crippen molar-refractivity contribution in [2.24, 2.45) is 0 Å². The van der Waals surface area contributed by atoms with Gasteiger partial charge in [0, 0.05) is 0 Å². The van der Waals surface area contributed by atoms with Crippen molar-refractivity contribution in [2.45, 2.75) is 19.8 Å². The van der Waals surface area contributed by atoms with Crippen LogP contribution in [0.25, 0.3) is 0 Å². The molecule has 82 valence electrons. The van der Waals surface area contributed by atoms with E-state index in [1.165, 1.54) is 6.07 Å². The second-order valence-corrected chi connectivity index (χ2v) is 3.98. The van der Waals surface area contributed by atoms with E-state index in [0.717, 1.165) is 12.8 Å². The molecular formula is C11H13BrO3. The summed E-state index contributed by atoms with van der Waals surface area (Å²) in [5, 5.41) is 9.58. The molecule has 15 heavy (non-hydrogen) atoms. The molecule has 0 heterocycles. The number of ether oxygens (including phenoxy) is 1. The van der Waals surface area contributed by atoms with Gasteiger partial charge in [-0.25, -0.2) is 4.79 Å². The van der Waals surface area contributed by atoms with Gasteiger partial charge in [-0.1, -0.05) is 19.4 Å². The lowest BCUT2D eigenvalue weighted by molar-refractivity contribution is 0.0496. The van der Waals surface area contributed by atoms with Crippen LogP contribution in [0.5, 0.6) is 5.75 Å². The highest BCUT2D eigenvalue weighted by molar-refractivity contribution is 9.10. The van der Waals surface area contributed by atoms with E-state index in [1.54, 1.807) is 12.1 Å². The van der Waals surface area contributed by atoms with Crippen LogP contribution in [-0.4, -0.2) is 17.7 Å². The van der Waals surface area contributed by atoms with Crippen LogP contribution in [0.2, 0.25) is 0 Å². The Hall–Kier alpha value is -1.03. The van der Waals surface area contributed by atoms with E-state index in [1.807, 2.05) is 6.92 Å². The van der Waals surface area contributed by atoms with Gasteiger partial charge in [0.15, 0.2) is 0 Å². The number of phenolic OH excluding ortho intramolecular Hbond substituents is 1. The molecule has 1 N–H and O–H groups in total. The van der Waals surface area contributed by atoms with Crippen LogP contribution in [0.4, 0.5) is 0 Å². The first-order chi connectivity index (χ1) is 7.16. The summed E-state index contributed by atoms with van der Waals surface area (Å²) >= 11 is 3.14. The SMILES string of the molecule is CCCCOC(=O)c1cccc(Br)c1O. The first-order valence-electron chi connectivity index (χ1n) is 4.81. The zero-order valence-corrected chi connectivity index (χ0v) is 10.1. The van der Waals surface area contributed by atoms with E-state index in [2.05, 4.69) is 15.9 Å². The number of hydrogen-bond acceptors (Lipinski definition) is 3. The molecule has 0 saturated carbocycles. The Morgan fingerprint density at radius 1 is 1.53 bits per heavy atom. The predicted octanol–water partition coefficient (Wildman–Crippen LogP) is 3.11. The van der Waals surface area contributed by atoms with Crippen molar-refractivity contribution >= 4 is 21.9 Å². The second-order valence-electron chi connectivity index (χ2n) is 3.13. The zero-order valence-electron chi connectivity index (χ0n) is 8.50. The summed E-state index contributed by atoms with van der Waals surface area (Å²) in [4.78, 5) is 11.5. The summed E-state index contributed by atoms with van der Waals surface area (Å²) in [6, 6.07) is 4.88. The summed E-state index contributed by atoms with van der Waals surface area (Å²) in [6.07, 6.45) is 1.80. The van der Waals surface area contributed by atoms with Gasteiger partial charge in [-0.2, -0.15) is 0 Å². The van der Waals surface area contributed by atoms with Crippen LogP contribution in [0, 0.1) is 0 Å². The smallest absolute Gasteiger partial charge is 0.341 e. The number of unbranched alkanes of at least 4 members (excludes halogenated alkanes) is 1. The predicted molar refractivity (Wildman–Crippen MR) is 61.0 cm³/mol. The maximum absolute atomic E-state index is 11.5. The monoisotopic (exact) mass is 272 g/mol. The van der Waals surface area contributed by atoms with Gasteiger partial charge in [0.25, 0.3) is 0 Å². The molecule has 0 bridgehead atoms. The van der Waals surface area contributed by atoms with Crippen LogP contribution in [-0.2, 0) is 4.74 Å². The molecule has 0 atom stereocenters. The lowest BCUT2D eigenvalue weighted by atomic mass is 10.2. The average Bonchev–Trinajstić information content (AvgIpc) is 2.22. The Bertz CT molecular complexity index is 350. The van der Waals surface area contributed by atoms with E-state index in [0.29, 0.717) is 11.1 Å². The van der Waals surface area contributed by atoms with Gasteiger partial charge in [-0.3, -0.25) is 0 Å². The summed E-state index contributed by atoms with van der Waals surface area (Å²) in [5.74, 6) is -0.554. The molecule has 1 rings (SSSR count). The molecule has 1 aromatic carbocycles. The molecule has 4 heteroatoms. The first-order valence-corrected chi connectivity index (χ1v) is 5.60.